The van der Waals surface area contributed by atoms with Crippen molar-refractivity contribution < 1.29 is 9.59 Å². The third kappa shape index (κ3) is 2.52. The molecule has 88 valence electrons. The fourth-order valence-electron chi connectivity index (χ4n) is 2.40. The van der Waals surface area contributed by atoms with Gasteiger partial charge in [0.25, 0.3) is 0 Å². The minimum atomic E-state index is -0.504. The highest BCUT2D eigenvalue weighted by atomic mass is 16.1. The first-order chi connectivity index (χ1) is 8.20. The second kappa shape index (κ2) is 5.09. The Bertz CT molecular complexity index is 445. The predicted molar refractivity (Wildman–Crippen MR) is 66.8 cm³/mol. The molecule has 0 radical (unpaired) electrons. The van der Waals surface area contributed by atoms with Crippen molar-refractivity contribution in [1.82, 2.24) is 0 Å². The molecule has 0 aromatic heterocycles. The lowest BCUT2D eigenvalue weighted by Crippen LogP contribution is -2.28. The van der Waals surface area contributed by atoms with E-state index in [4.69, 9.17) is 0 Å². The van der Waals surface area contributed by atoms with Crippen molar-refractivity contribution >= 4 is 11.6 Å². The van der Waals surface area contributed by atoms with Gasteiger partial charge >= 0.3 is 0 Å². The molecule has 0 saturated carbocycles. The van der Waals surface area contributed by atoms with Crippen LogP contribution in [-0.2, 0) is 4.79 Å². The van der Waals surface area contributed by atoms with E-state index in [1.54, 1.807) is 12.1 Å². The summed E-state index contributed by atoms with van der Waals surface area (Å²) in [6.07, 6.45) is 5.94. The van der Waals surface area contributed by atoms with E-state index < -0.39 is 5.92 Å². The Balaban J connectivity index is 2.25. The van der Waals surface area contributed by atoms with E-state index in [9.17, 15) is 9.59 Å². The fourth-order valence-corrected chi connectivity index (χ4v) is 2.40. The molecule has 0 bridgehead atoms. The molecule has 1 aliphatic carbocycles. The summed E-state index contributed by atoms with van der Waals surface area (Å²) < 4.78 is 0. The molecule has 0 saturated heterocycles. The van der Waals surface area contributed by atoms with Gasteiger partial charge in [-0.2, -0.15) is 0 Å². The highest BCUT2D eigenvalue weighted by molar-refractivity contribution is 6.10. The van der Waals surface area contributed by atoms with Crippen LogP contribution in [0, 0.1) is 11.8 Å². The van der Waals surface area contributed by atoms with Crippen LogP contribution in [0.1, 0.15) is 30.1 Å². The molecule has 0 amide bonds. The van der Waals surface area contributed by atoms with E-state index in [2.05, 4.69) is 6.08 Å². The van der Waals surface area contributed by atoms with Gasteiger partial charge < -0.3 is 0 Å². The molecule has 1 aliphatic rings. The first kappa shape index (κ1) is 11.8. The number of hydrogen-bond acceptors (Lipinski definition) is 2. The number of rotatable bonds is 4. The Morgan fingerprint density at radius 3 is 2.47 bits per heavy atom. The predicted octanol–water partition coefficient (Wildman–Crippen LogP) is 3.04. The van der Waals surface area contributed by atoms with Crippen molar-refractivity contribution in [3.63, 3.8) is 0 Å². The summed E-state index contributed by atoms with van der Waals surface area (Å²) in [5.41, 5.74) is 0.632. The molecule has 1 aromatic carbocycles. The van der Waals surface area contributed by atoms with E-state index in [0.29, 0.717) is 5.56 Å². The van der Waals surface area contributed by atoms with Crippen molar-refractivity contribution in [1.29, 1.82) is 0 Å². The first-order valence-corrected chi connectivity index (χ1v) is 5.96. The van der Waals surface area contributed by atoms with Crippen LogP contribution in [0.3, 0.4) is 0 Å². The van der Waals surface area contributed by atoms with Gasteiger partial charge in [0, 0.05) is 5.56 Å². The normalized spacial score (nSPS) is 20.2. The third-order valence-electron chi connectivity index (χ3n) is 3.26. The van der Waals surface area contributed by atoms with Crippen LogP contribution in [0.2, 0.25) is 0 Å². The number of carbonyl (C=O) groups excluding carboxylic acids is 2. The second-order valence-corrected chi connectivity index (χ2v) is 4.49. The molecule has 2 heteroatoms. The van der Waals surface area contributed by atoms with Crippen molar-refractivity contribution in [2.45, 2.75) is 19.8 Å². The zero-order valence-electron chi connectivity index (χ0n) is 9.93. The number of allylic oxidation sites excluding steroid dienone is 2. The van der Waals surface area contributed by atoms with Gasteiger partial charge in [-0.3, -0.25) is 9.59 Å². The molecule has 0 spiro atoms. The van der Waals surface area contributed by atoms with E-state index >= 15 is 0 Å². The third-order valence-corrected chi connectivity index (χ3v) is 3.26. The first-order valence-electron chi connectivity index (χ1n) is 5.96. The Hall–Kier alpha value is -1.70. The topological polar surface area (TPSA) is 34.1 Å². The Labute approximate surface area is 101 Å². The number of carbonyl (C=O) groups is 2. The molecule has 0 N–H and O–H groups in total. The number of ketones is 2. The van der Waals surface area contributed by atoms with Gasteiger partial charge in [-0.1, -0.05) is 42.5 Å². The van der Waals surface area contributed by atoms with Crippen LogP contribution in [0.4, 0.5) is 0 Å². The lowest BCUT2D eigenvalue weighted by atomic mass is 9.83. The molecular weight excluding hydrogens is 212 g/mol. The van der Waals surface area contributed by atoms with Crippen molar-refractivity contribution in [3.8, 4) is 0 Å². The van der Waals surface area contributed by atoms with Crippen LogP contribution in [0.5, 0.6) is 0 Å². The monoisotopic (exact) mass is 228 g/mol. The number of Topliss-reactive ketones (excluding diaryl/α,β-unsaturated/α-hetero) is 2. The van der Waals surface area contributed by atoms with Crippen LogP contribution in [0.25, 0.3) is 0 Å². The van der Waals surface area contributed by atoms with Gasteiger partial charge in [-0.15, -0.1) is 0 Å². The van der Waals surface area contributed by atoms with Crippen molar-refractivity contribution in [2.75, 3.05) is 0 Å². The average Bonchev–Trinajstić information content (AvgIpc) is 2.83. The molecule has 2 nitrogen and oxygen atoms in total. The molecule has 2 rings (SSSR count). The molecule has 1 aromatic rings. The standard InChI is InChI=1S/C15H16O2/c1-11(16)14(12-7-5-6-8-12)15(17)13-9-3-2-4-10-13/h2-5,7,9-10,12,14H,6,8H2,1H3. The number of hydrogen-bond donors (Lipinski definition) is 0. The zero-order chi connectivity index (χ0) is 12.3. The van der Waals surface area contributed by atoms with Gasteiger partial charge in [-0.25, -0.2) is 0 Å². The lowest BCUT2D eigenvalue weighted by molar-refractivity contribution is -0.120. The summed E-state index contributed by atoms with van der Waals surface area (Å²) in [7, 11) is 0. The fraction of sp³-hybridized carbons (Fsp3) is 0.333. The zero-order valence-corrected chi connectivity index (χ0v) is 9.93. The highest BCUT2D eigenvalue weighted by Crippen LogP contribution is 2.28. The molecular formula is C15H16O2. The van der Waals surface area contributed by atoms with Crippen LogP contribution in [0.15, 0.2) is 42.5 Å². The highest BCUT2D eigenvalue weighted by Gasteiger charge is 2.32. The molecule has 0 aliphatic heterocycles. The van der Waals surface area contributed by atoms with Crippen molar-refractivity contribution in [3.05, 3.63) is 48.0 Å². The molecule has 0 heterocycles. The summed E-state index contributed by atoms with van der Waals surface area (Å²) in [6, 6.07) is 9.08. The lowest BCUT2D eigenvalue weighted by Gasteiger charge is -2.18. The second-order valence-electron chi connectivity index (χ2n) is 4.49. The van der Waals surface area contributed by atoms with Gasteiger partial charge in [-0.05, 0) is 25.7 Å². The van der Waals surface area contributed by atoms with Gasteiger partial charge in [0.2, 0.25) is 0 Å². The SMILES string of the molecule is CC(=O)C(C(=O)c1ccccc1)C1C=CCC1. The van der Waals surface area contributed by atoms with E-state index in [1.807, 2.05) is 24.3 Å². The van der Waals surface area contributed by atoms with Gasteiger partial charge in [0.15, 0.2) is 5.78 Å². The van der Waals surface area contributed by atoms with E-state index in [0.717, 1.165) is 12.8 Å². The Morgan fingerprint density at radius 1 is 1.24 bits per heavy atom. The maximum atomic E-state index is 12.3. The maximum absolute atomic E-state index is 12.3. The Kier molecular flexibility index (Phi) is 3.52. The maximum Gasteiger partial charge on any atom is 0.173 e. The summed E-state index contributed by atoms with van der Waals surface area (Å²) in [5.74, 6) is -0.499. The van der Waals surface area contributed by atoms with E-state index in [1.165, 1.54) is 6.92 Å². The summed E-state index contributed by atoms with van der Waals surface area (Å²) in [6.45, 7) is 1.51. The summed E-state index contributed by atoms with van der Waals surface area (Å²) >= 11 is 0. The summed E-state index contributed by atoms with van der Waals surface area (Å²) in [5, 5.41) is 0. The van der Waals surface area contributed by atoms with Crippen molar-refractivity contribution in [2.24, 2.45) is 11.8 Å². The largest absolute Gasteiger partial charge is 0.299 e. The van der Waals surface area contributed by atoms with Gasteiger partial charge in [0.1, 0.15) is 5.78 Å². The van der Waals surface area contributed by atoms with Crippen LogP contribution in [-0.4, -0.2) is 11.6 Å². The smallest absolute Gasteiger partial charge is 0.173 e. The molecule has 2 atom stereocenters. The Morgan fingerprint density at radius 2 is 1.94 bits per heavy atom. The number of benzene rings is 1. The average molecular weight is 228 g/mol. The molecule has 17 heavy (non-hydrogen) atoms. The van der Waals surface area contributed by atoms with Crippen LogP contribution < -0.4 is 0 Å². The minimum Gasteiger partial charge on any atom is -0.299 e. The van der Waals surface area contributed by atoms with Gasteiger partial charge in [0.05, 0.1) is 5.92 Å². The minimum absolute atomic E-state index is 0.0320. The molecule has 0 fully saturated rings. The van der Waals surface area contributed by atoms with Crippen LogP contribution >= 0.6 is 0 Å². The quantitative estimate of drug-likeness (QED) is 0.451. The molecule has 2 unspecified atom stereocenters. The summed E-state index contributed by atoms with van der Waals surface area (Å²) in [4.78, 5) is 24.0. The van der Waals surface area contributed by atoms with E-state index in [-0.39, 0.29) is 17.5 Å².